The van der Waals surface area contributed by atoms with Gasteiger partial charge in [-0.1, -0.05) is 19.1 Å². The van der Waals surface area contributed by atoms with Crippen LogP contribution >= 0.6 is 12.2 Å². The Balaban J connectivity index is 2.54. The van der Waals surface area contributed by atoms with Crippen molar-refractivity contribution < 1.29 is 9.53 Å². The lowest BCUT2D eigenvalue weighted by molar-refractivity contribution is -0.123. The lowest BCUT2D eigenvalue weighted by atomic mass is 9.77. The van der Waals surface area contributed by atoms with Crippen molar-refractivity contribution in [3.05, 3.63) is 0 Å². The van der Waals surface area contributed by atoms with Crippen molar-refractivity contribution >= 4 is 23.1 Å². The Hall–Kier alpha value is -0.680. The molecule has 1 atom stereocenters. The number of methoxy groups -OCH3 is 1. The molecule has 0 heterocycles. The number of nitrogens with one attached hydrogen (secondary N) is 1. The Morgan fingerprint density at radius 2 is 2.11 bits per heavy atom. The standard InChI is InChI=1S/C14H26N2O2S/c1-10-6-8-14(9-7-10,13(15)19)16-12(17)5-4-11(2)18-3/h10-11H,4-9H2,1-3H3,(H2,15,19)(H,16,17). The summed E-state index contributed by atoms with van der Waals surface area (Å²) in [6.07, 6.45) is 5.10. The van der Waals surface area contributed by atoms with E-state index in [0.717, 1.165) is 25.7 Å². The highest BCUT2D eigenvalue weighted by Crippen LogP contribution is 2.32. The first-order valence-electron chi connectivity index (χ1n) is 7.03. The second-order valence-electron chi connectivity index (χ2n) is 5.76. The fourth-order valence-electron chi connectivity index (χ4n) is 2.47. The largest absolute Gasteiger partial charge is 0.391 e. The van der Waals surface area contributed by atoms with Gasteiger partial charge in [-0.05, 0) is 44.9 Å². The molecule has 19 heavy (non-hydrogen) atoms. The molecule has 1 aliphatic rings. The van der Waals surface area contributed by atoms with Gasteiger partial charge in [-0.15, -0.1) is 0 Å². The molecular formula is C14H26N2O2S. The van der Waals surface area contributed by atoms with Gasteiger partial charge < -0.3 is 15.8 Å². The summed E-state index contributed by atoms with van der Waals surface area (Å²) in [5.41, 5.74) is 5.41. The SMILES string of the molecule is COC(C)CCC(=O)NC1(C(N)=S)CCC(C)CC1. The Bertz CT molecular complexity index is 325. The van der Waals surface area contributed by atoms with E-state index in [1.54, 1.807) is 7.11 Å². The van der Waals surface area contributed by atoms with Gasteiger partial charge in [-0.2, -0.15) is 0 Å². The molecule has 1 amide bonds. The number of carbonyl (C=O) groups excluding carboxylic acids is 1. The molecule has 5 heteroatoms. The lowest BCUT2D eigenvalue weighted by Gasteiger charge is -2.39. The van der Waals surface area contributed by atoms with Crippen LogP contribution in [0.4, 0.5) is 0 Å². The summed E-state index contributed by atoms with van der Waals surface area (Å²) < 4.78 is 5.15. The van der Waals surface area contributed by atoms with Crippen molar-refractivity contribution in [2.24, 2.45) is 11.7 Å². The zero-order valence-electron chi connectivity index (χ0n) is 12.2. The Morgan fingerprint density at radius 1 is 1.53 bits per heavy atom. The number of ether oxygens (including phenoxy) is 1. The van der Waals surface area contributed by atoms with Crippen LogP contribution in [0, 0.1) is 5.92 Å². The molecule has 110 valence electrons. The third kappa shape index (κ3) is 4.73. The smallest absolute Gasteiger partial charge is 0.220 e. The average Bonchev–Trinajstić information content (AvgIpc) is 2.38. The molecule has 0 aliphatic heterocycles. The Morgan fingerprint density at radius 3 is 2.58 bits per heavy atom. The third-order valence-corrected chi connectivity index (χ3v) is 4.55. The molecule has 1 fully saturated rings. The van der Waals surface area contributed by atoms with Crippen LogP contribution in [0.25, 0.3) is 0 Å². The predicted molar refractivity (Wildman–Crippen MR) is 81.0 cm³/mol. The van der Waals surface area contributed by atoms with Crippen LogP contribution in [-0.2, 0) is 9.53 Å². The van der Waals surface area contributed by atoms with E-state index in [4.69, 9.17) is 22.7 Å². The molecule has 1 saturated carbocycles. The van der Waals surface area contributed by atoms with E-state index in [-0.39, 0.29) is 12.0 Å². The van der Waals surface area contributed by atoms with Crippen LogP contribution in [0.2, 0.25) is 0 Å². The zero-order chi connectivity index (χ0) is 14.5. The maximum atomic E-state index is 12.0. The first-order valence-corrected chi connectivity index (χ1v) is 7.44. The molecule has 0 aromatic rings. The zero-order valence-corrected chi connectivity index (χ0v) is 13.0. The highest BCUT2D eigenvalue weighted by molar-refractivity contribution is 7.80. The number of carbonyl (C=O) groups is 1. The predicted octanol–water partition coefficient (Wildman–Crippen LogP) is 2.15. The van der Waals surface area contributed by atoms with E-state index < -0.39 is 5.54 Å². The summed E-state index contributed by atoms with van der Waals surface area (Å²) in [5.74, 6) is 0.708. The van der Waals surface area contributed by atoms with Gasteiger partial charge in [0.25, 0.3) is 0 Å². The van der Waals surface area contributed by atoms with Gasteiger partial charge in [0.05, 0.1) is 16.6 Å². The molecule has 1 rings (SSSR count). The number of amides is 1. The number of thiocarbonyl (C=S) groups is 1. The van der Waals surface area contributed by atoms with Crippen molar-refractivity contribution in [3.8, 4) is 0 Å². The second kappa shape index (κ2) is 7.20. The van der Waals surface area contributed by atoms with Crippen molar-refractivity contribution in [2.45, 2.75) is 64.0 Å². The fraction of sp³-hybridized carbons (Fsp3) is 0.857. The minimum atomic E-state index is -0.463. The van der Waals surface area contributed by atoms with Gasteiger partial charge in [0.15, 0.2) is 0 Å². The van der Waals surface area contributed by atoms with E-state index in [0.29, 0.717) is 23.7 Å². The topological polar surface area (TPSA) is 64.3 Å². The van der Waals surface area contributed by atoms with Crippen molar-refractivity contribution in [1.82, 2.24) is 5.32 Å². The van der Waals surface area contributed by atoms with Crippen LogP contribution in [0.15, 0.2) is 0 Å². The Labute approximate surface area is 121 Å². The third-order valence-electron chi connectivity index (χ3n) is 4.16. The average molecular weight is 286 g/mol. The van der Waals surface area contributed by atoms with E-state index in [2.05, 4.69) is 12.2 Å². The van der Waals surface area contributed by atoms with Crippen LogP contribution in [-0.4, -0.2) is 29.6 Å². The van der Waals surface area contributed by atoms with Crippen LogP contribution in [0.1, 0.15) is 52.4 Å². The lowest BCUT2D eigenvalue weighted by Crippen LogP contribution is -2.58. The van der Waals surface area contributed by atoms with E-state index >= 15 is 0 Å². The molecular weight excluding hydrogens is 260 g/mol. The number of nitrogens with two attached hydrogens (primary N) is 1. The summed E-state index contributed by atoms with van der Waals surface area (Å²) in [6, 6.07) is 0. The molecule has 4 nitrogen and oxygen atoms in total. The quantitative estimate of drug-likeness (QED) is 0.734. The minimum Gasteiger partial charge on any atom is -0.391 e. The normalized spacial score (nSPS) is 28.7. The summed E-state index contributed by atoms with van der Waals surface area (Å²) in [4.78, 5) is 12.5. The Kier molecular flexibility index (Phi) is 6.20. The van der Waals surface area contributed by atoms with E-state index in [9.17, 15) is 4.79 Å². The van der Waals surface area contributed by atoms with Gasteiger partial charge in [0.1, 0.15) is 0 Å². The van der Waals surface area contributed by atoms with E-state index in [1.165, 1.54) is 0 Å². The fourth-order valence-corrected chi connectivity index (χ4v) is 2.72. The number of hydrogen-bond donors (Lipinski definition) is 2. The summed E-state index contributed by atoms with van der Waals surface area (Å²) in [6.45, 7) is 4.18. The summed E-state index contributed by atoms with van der Waals surface area (Å²) >= 11 is 5.18. The van der Waals surface area contributed by atoms with E-state index in [1.807, 2.05) is 6.92 Å². The van der Waals surface area contributed by atoms with Gasteiger partial charge >= 0.3 is 0 Å². The molecule has 0 aromatic carbocycles. The van der Waals surface area contributed by atoms with Gasteiger partial charge in [-0.3, -0.25) is 4.79 Å². The molecule has 0 saturated heterocycles. The molecule has 0 spiro atoms. The molecule has 0 radical (unpaired) electrons. The first-order chi connectivity index (χ1) is 8.89. The minimum absolute atomic E-state index is 0.0197. The highest BCUT2D eigenvalue weighted by Gasteiger charge is 2.38. The molecule has 3 N–H and O–H groups in total. The van der Waals surface area contributed by atoms with Gasteiger partial charge in [-0.25, -0.2) is 0 Å². The van der Waals surface area contributed by atoms with Crippen molar-refractivity contribution in [2.75, 3.05) is 7.11 Å². The molecule has 0 aromatic heterocycles. The monoisotopic (exact) mass is 286 g/mol. The number of rotatable bonds is 6. The number of hydrogen-bond acceptors (Lipinski definition) is 3. The van der Waals surface area contributed by atoms with Crippen molar-refractivity contribution in [3.63, 3.8) is 0 Å². The van der Waals surface area contributed by atoms with Crippen LogP contribution < -0.4 is 11.1 Å². The summed E-state index contributed by atoms with van der Waals surface area (Å²) in [7, 11) is 1.65. The molecule has 0 bridgehead atoms. The maximum Gasteiger partial charge on any atom is 0.220 e. The summed E-state index contributed by atoms with van der Waals surface area (Å²) in [5, 5.41) is 3.07. The van der Waals surface area contributed by atoms with Gasteiger partial charge in [0.2, 0.25) is 5.91 Å². The molecule has 1 unspecified atom stereocenters. The van der Waals surface area contributed by atoms with Crippen LogP contribution in [0.3, 0.4) is 0 Å². The van der Waals surface area contributed by atoms with Gasteiger partial charge in [0, 0.05) is 13.5 Å². The second-order valence-corrected chi connectivity index (χ2v) is 6.20. The maximum absolute atomic E-state index is 12.0. The molecule has 1 aliphatic carbocycles. The van der Waals surface area contributed by atoms with Crippen LogP contribution in [0.5, 0.6) is 0 Å². The van der Waals surface area contributed by atoms with Crippen molar-refractivity contribution in [1.29, 1.82) is 0 Å². The first kappa shape index (κ1) is 16.4. The highest BCUT2D eigenvalue weighted by atomic mass is 32.1.